The van der Waals surface area contributed by atoms with Crippen LogP contribution in [0.2, 0.25) is 0 Å². The van der Waals surface area contributed by atoms with Gasteiger partial charge in [0.15, 0.2) is 5.82 Å². The third kappa shape index (κ3) is 2.97. The van der Waals surface area contributed by atoms with Gasteiger partial charge in [-0.2, -0.15) is 16.6 Å². The van der Waals surface area contributed by atoms with Gasteiger partial charge in [0.05, 0.1) is 13.6 Å². The van der Waals surface area contributed by atoms with Crippen molar-refractivity contribution >= 4 is 11.8 Å². The van der Waals surface area contributed by atoms with Gasteiger partial charge >= 0.3 is 0 Å². The van der Waals surface area contributed by atoms with Gasteiger partial charge in [0.2, 0.25) is 0 Å². The van der Waals surface area contributed by atoms with Crippen LogP contribution in [0.4, 0.5) is 0 Å². The molecule has 1 aromatic rings. The maximum atomic E-state index is 5.87. The Morgan fingerprint density at radius 1 is 1.41 bits per heavy atom. The van der Waals surface area contributed by atoms with Crippen molar-refractivity contribution in [3.63, 3.8) is 0 Å². The molecule has 0 atom stereocenters. The summed E-state index contributed by atoms with van der Waals surface area (Å²) in [6.07, 6.45) is 4.45. The zero-order chi connectivity index (χ0) is 12.3. The zero-order valence-electron chi connectivity index (χ0n) is 10.5. The van der Waals surface area contributed by atoms with Gasteiger partial charge in [-0.25, -0.2) is 0 Å². The standard InChI is InChI=1S/C10H20N6S/c1-15-13-9(12-14-15)7-16-5-3-10(8-11,17-2)4-6-16/h3-8,11H2,1-2H3. The first kappa shape index (κ1) is 12.8. The van der Waals surface area contributed by atoms with Crippen LogP contribution in [0.5, 0.6) is 0 Å². The molecule has 17 heavy (non-hydrogen) atoms. The number of piperidine rings is 1. The highest BCUT2D eigenvalue weighted by Gasteiger charge is 2.32. The Kier molecular flexibility index (Phi) is 4.01. The molecule has 0 spiro atoms. The molecule has 0 aromatic carbocycles. The molecule has 2 heterocycles. The fraction of sp³-hybridized carbons (Fsp3) is 0.900. The smallest absolute Gasteiger partial charge is 0.188 e. The van der Waals surface area contributed by atoms with Crippen LogP contribution in [-0.4, -0.2) is 55.7 Å². The monoisotopic (exact) mass is 256 g/mol. The molecular weight excluding hydrogens is 236 g/mol. The summed E-state index contributed by atoms with van der Waals surface area (Å²) in [6, 6.07) is 0. The van der Waals surface area contributed by atoms with Crippen molar-refractivity contribution < 1.29 is 0 Å². The first-order chi connectivity index (χ1) is 8.17. The van der Waals surface area contributed by atoms with Crippen molar-refractivity contribution in [2.24, 2.45) is 12.8 Å². The topological polar surface area (TPSA) is 72.9 Å². The van der Waals surface area contributed by atoms with E-state index >= 15 is 0 Å². The molecular formula is C10H20N6S. The Hall–Kier alpha value is -0.660. The van der Waals surface area contributed by atoms with Crippen LogP contribution in [0.15, 0.2) is 0 Å². The molecule has 2 rings (SSSR count). The summed E-state index contributed by atoms with van der Waals surface area (Å²) in [6.45, 7) is 3.70. The van der Waals surface area contributed by atoms with Crippen LogP contribution in [-0.2, 0) is 13.6 Å². The molecule has 0 unspecified atom stereocenters. The highest BCUT2D eigenvalue weighted by molar-refractivity contribution is 8.00. The Morgan fingerprint density at radius 3 is 2.59 bits per heavy atom. The van der Waals surface area contributed by atoms with Gasteiger partial charge in [0, 0.05) is 11.3 Å². The Labute approximate surface area is 106 Å². The van der Waals surface area contributed by atoms with E-state index in [0.29, 0.717) is 0 Å². The molecule has 2 N–H and O–H groups in total. The van der Waals surface area contributed by atoms with E-state index in [1.165, 1.54) is 4.80 Å². The highest BCUT2D eigenvalue weighted by atomic mass is 32.2. The van der Waals surface area contributed by atoms with Crippen molar-refractivity contribution in [2.75, 3.05) is 25.9 Å². The molecule has 1 fully saturated rings. The van der Waals surface area contributed by atoms with Gasteiger partial charge in [0.1, 0.15) is 0 Å². The lowest BCUT2D eigenvalue weighted by Gasteiger charge is -2.39. The summed E-state index contributed by atoms with van der Waals surface area (Å²) >= 11 is 1.91. The van der Waals surface area contributed by atoms with Crippen LogP contribution in [0.1, 0.15) is 18.7 Å². The minimum absolute atomic E-state index is 0.284. The van der Waals surface area contributed by atoms with Crippen LogP contribution in [0.25, 0.3) is 0 Å². The molecule has 0 amide bonds. The second-order valence-corrected chi connectivity index (χ2v) is 5.84. The molecule has 7 heteroatoms. The molecule has 0 saturated carbocycles. The molecule has 1 aromatic heterocycles. The lowest BCUT2D eigenvalue weighted by Crippen LogP contribution is -2.46. The van der Waals surface area contributed by atoms with E-state index in [1.54, 1.807) is 7.05 Å². The minimum Gasteiger partial charge on any atom is -0.329 e. The fourth-order valence-electron chi connectivity index (χ4n) is 2.20. The van der Waals surface area contributed by atoms with Gasteiger partial charge in [-0.3, -0.25) is 4.90 Å². The number of nitrogens with zero attached hydrogens (tertiary/aromatic N) is 5. The second kappa shape index (κ2) is 5.32. The summed E-state index contributed by atoms with van der Waals surface area (Å²) < 4.78 is 0.284. The van der Waals surface area contributed by atoms with Crippen LogP contribution >= 0.6 is 11.8 Å². The zero-order valence-corrected chi connectivity index (χ0v) is 11.3. The average Bonchev–Trinajstić information content (AvgIpc) is 2.76. The highest BCUT2D eigenvalue weighted by Crippen LogP contribution is 2.33. The number of hydrogen-bond acceptors (Lipinski definition) is 6. The maximum absolute atomic E-state index is 5.87. The van der Waals surface area contributed by atoms with E-state index in [9.17, 15) is 0 Å². The van der Waals surface area contributed by atoms with Crippen LogP contribution in [0.3, 0.4) is 0 Å². The molecule has 96 valence electrons. The van der Waals surface area contributed by atoms with Crippen molar-refractivity contribution in [3.8, 4) is 0 Å². The normalized spacial score (nSPS) is 20.6. The lowest BCUT2D eigenvalue weighted by molar-refractivity contribution is 0.190. The first-order valence-electron chi connectivity index (χ1n) is 5.88. The van der Waals surface area contributed by atoms with E-state index in [4.69, 9.17) is 5.73 Å². The van der Waals surface area contributed by atoms with E-state index in [-0.39, 0.29) is 4.75 Å². The molecule has 0 radical (unpaired) electrons. The molecule has 0 aliphatic carbocycles. The molecule has 1 saturated heterocycles. The second-order valence-electron chi connectivity index (χ2n) is 4.56. The summed E-state index contributed by atoms with van der Waals surface area (Å²) in [5.41, 5.74) is 5.87. The number of tetrazole rings is 1. The van der Waals surface area contributed by atoms with Crippen LogP contribution < -0.4 is 5.73 Å². The van der Waals surface area contributed by atoms with Crippen LogP contribution in [0, 0.1) is 0 Å². The summed E-state index contributed by atoms with van der Waals surface area (Å²) in [4.78, 5) is 3.88. The largest absolute Gasteiger partial charge is 0.329 e. The number of thioether (sulfide) groups is 1. The van der Waals surface area contributed by atoms with Gasteiger partial charge in [-0.15, -0.1) is 10.2 Å². The number of nitrogens with two attached hydrogens (primary N) is 1. The Balaban J connectivity index is 1.87. The average molecular weight is 256 g/mol. The van der Waals surface area contributed by atoms with E-state index < -0.39 is 0 Å². The van der Waals surface area contributed by atoms with Crippen molar-refractivity contribution in [3.05, 3.63) is 5.82 Å². The Bertz CT molecular complexity index is 351. The van der Waals surface area contributed by atoms with Crippen molar-refractivity contribution in [1.82, 2.24) is 25.1 Å². The molecule has 1 aliphatic rings. The minimum atomic E-state index is 0.284. The summed E-state index contributed by atoms with van der Waals surface area (Å²) in [5, 5.41) is 12.1. The number of aromatic nitrogens is 4. The third-order valence-corrected chi connectivity index (χ3v) is 4.93. The first-order valence-corrected chi connectivity index (χ1v) is 7.10. The number of aryl methyl sites for hydroxylation is 1. The van der Waals surface area contributed by atoms with Gasteiger partial charge < -0.3 is 5.73 Å². The SMILES string of the molecule is CSC1(CN)CCN(Cc2nnn(C)n2)CC1. The van der Waals surface area contributed by atoms with Gasteiger partial charge in [-0.05, 0) is 37.4 Å². The van der Waals surface area contributed by atoms with E-state index in [0.717, 1.165) is 44.8 Å². The Morgan fingerprint density at radius 2 is 2.12 bits per heavy atom. The van der Waals surface area contributed by atoms with Crippen molar-refractivity contribution in [1.29, 1.82) is 0 Å². The molecule has 6 nitrogen and oxygen atoms in total. The van der Waals surface area contributed by atoms with E-state index in [1.807, 2.05) is 11.8 Å². The summed E-state index contributed by atoms with van der Waals surface area (Å²) in [5.74, 6) is 0.803. The number of likely N-dealkylation sites (tertiary alicyclic amines) is 1. The maximum Gasteiger partial charge on any atom is 0.188 e. The fourth-order valence-corrected chi connectivity index (χ4v) is 2.95. The predicted octanol–water partition coefficient (Wildman–Crippen LogP) is -0.134. The quantitative estimate of drug-likeness (QED) is 0.809. The van der Waals surface area contributed by atoms with Crippen molar-refractivity contribution in [2.45, 2.75) is 24.1 Å². The molecule has 0 bridgehead atoms. The van der Waals surface area contributed by atoms with Gasteiger partial charge in [0.25, 0.3) is 0 Å². The number of rotatable bonds is 4. The van der Waals surface area contributed by atoms with E-state index in [2.05, 4.69) is 26.6 Å². The summed E-state index contributed by atoms with van der Waals surface area (Å²) in [7, 11) is 1.79. The third-order valence-electron chi connectivity index (χ3n) is 3.49. The lowest BCUT2D eigenvalue weighted by atomic mass is 9.96. The van der Waals surface area contributed by atoms with Gasteiger partial charge in [-0.1, -0.05) is 0 Å². The molecule has 1 aliphatic heterocycles. The predicted molar refractivity (Wildman–Crippen MR) is 68.6 cm³/mol. The number of hydrogen-bond donors (Lipinski definition) is 1.